The van der Waals surface area contributed by atoms with Crippen molar-refractivity contribution in [3.63, 3.8) is 0 Å². The van der Waals surface area contributed by atoms with Gasteiger partial charge in [0, 0.05) is 17.3 Å². The van der Waals surface area contributed by atoms with Crippen molar-refractivity contribution in [1.82, 2.24) is 9.97 Å². The molecule has 2 amide bonds. The van der Waals surface area contributed by atoms with Crippen LogP contribution in [0.2, 0.25) is 0 Å². The lowest BCUT2D eigenvalue weighted by Crippen LogP contribution is -2.33. The van der Waals surface area contributed by atoms with Gasteiger partial charge in [-0.3, -0.25) is 9.59 Å². The molecule has 1 saturated heterocycles. The fraction of sp³-hybridized carbons (Fsp3) is 0.368. The molecule has 1 aromatic heterocycles. The zero-order valence-electron chi connectivity index (χ0n) is 14.4. The van der Waals surface area contributed by atoms with Crippen molar-refractivity contribution in [2.24, 2.45) is 11.8 Å². The van der Waals surface area contributed by atoms with Gasteiger partial charge in [0.05, 0.1) is 5.92 Å². The predicted octanol–water partition coefficient (Wildman–Crippen LogP) is 2.77. The number of nitrogens with zero attached hydrogens (tertiary/aromatic N) is 3. The van der Waals surface area contributed by atoms with Crippen LogP contribution >= 0.6 is 0 Å². The molecule has 0 spiro atoms. The van der Waals surface area contributed by atoms with E-state index in [-0.39, 0.29) is 29.6 Å². The minimum atomic E-state index is -0.372. The third-order valence-electron chi connectivity index (χ3n) is 4.50. The summed E-state index contributed by atoms with van der Waals surface area (Å²) < 4.78 is 0. The normalized spacial score (nSPS) is 20.8. The molecule has 1 fully saturated rings. The van der Waals surface area contributed by atoms with E-state index in [1.165, 1.54) is 5.56 Å². The predicted molar refractivity (Wildman–Crippen MR) is 91.5 cm³/mol. The maximum atomic E-state index is 12.8. The van der Waals surface area contributed by atoms with Crippen molar-refractivity contribution in [2.75, 3.05) is 4.90 Å². The third kappa shape index (κ3) is 2.94. The molecule has 124 valence electrons. The third-order valence-corrected chi connectivity index (χ3v) is 4.50. The average molecular weight is 323 g/mol. The zero-order valence-corrected chi connectivity index (χ0v) is 14.4. The van der Waals surface area contributed by atoms with Crippen LogP contribution in [0.1, 0.15) is 29.4 Å². The lowest BCUT2D eigenvalue weighted by molar-refractivity contribution is -0.122. The summed E-state index contributed by atoms with van der Waals surface area (Å²) in [5.74, 6) is -0.978. The summed E-state index contributed by atoms with van der Waals surface area (Å²) in [6, 6.07) is 9.88. The number of aromatic nitrogens is 2. The number of benzene rings is 1. The van der Waals surface area contributed by atoms with E-state index in [1.54, 1.807) is 0 Å². The summed E-state index contributed by atoms with van der Waals surface area (Å²) in [7, 11) is 0. The fourth-order valence-corrected chi connectivity index (χ4v) is 3.11. The van der Waals surface area contributed by atoms with Gasteiger partial charge >= 0.3 is 0 Å². The summed E-state index contributed by atoms with van der Waals surface area (Å²) in [5, 5.41) is 0. The van der Waals surface area contributed by atoms with E-state index in [2.05, 4.69) is 9.97 Å². The molecule has 0 bridgehead atoms. The van der Waals surface area contributed by atoms with Crippen LogP contribution in [0.4, 0.5) is 5.95 Å². The molecule has 2 aromatic rings. The molecule has 0 radical (unpaired) electrons. The van der Waals surface area contributed by atoms with E-state index in [1.807, 2.05) is 58.0 Å². The highest BCUT2D eigenvalue weighted by atomic mass is 16.2. The number of imide groups is 1. The molecular weight excluding hydrogens is 302 g/mol. The Morgan fingerprint density at radius 1 is 0.958 bits per heavy atom. The van der Waals surface area contributed by atoms with E-state index < -0.39 is 0 Å². The second kappa shape index (κ2) is 6.15. The van der Waals surface area contributed by atoms with Crippen LogP contribution < -0.4 is 4.90 Å². The van der Waals surface area contributed by atoms with Gasteiger partial charge < -0.3 is 0 Å². The van der Waals surface area contributed by atoms with Crippen LogP contribution in [0.5, 0.6) is 0 Å². The van der Waals surface area contributed by atoms with Crippen LogP contribution in [-0.2, 0) is 16.0 Å². The molecule has 0 unspecified atom stereocenters. The van der Waals surface area contributed by atoms with Crippen LogP contribution in [0.25, 0.3) is 0 Å². The number of carbonyl (C=O) groups is 2. The largest absolute Gasteiger partial charge is 0.274 e. The monoisotopic (exact) mass is 323 g/mol. The SMILES string of the molecule is Cc1ccc(C[C@H]2C(=O)N(c3nc(C)cc(C)n3)C(=O)[C@@H]2C)cc1. The second-order valence-electron chi connectivity index (χ2n) is 6.55. The van der Waals surface area contributed by atoms with Crippen LogP contribution in [0.15, 0.2) is 30.3 Å². The first-order valence-corrected chi connectivity index (χ1v) is 8.12. The lowest BCUT2D eigenvalue weighted by atomic mass is 9.90. The average Bonchev–Trinajstić information content (AvgIpc) is 2.72. The molecule has 0 aliphatic carbocycles. The molecule has 0 saturated carbocycles. The van der Waals surface area contributed by atoms with Crippen LogP contribution in [0, 0.1) is 32.6 Å². The Balaban J connectivity index is 1.90. The van der Waals surface area contributed by atoms with E-state index >= 15 is 0 Å². The number of hydrogen-bond donors (Lipinski definition) is 0. The van der Waals surface area contributed by atoms with E-state index in [0.29, 0.717) is 6.42 Å². The summed E-state index contributed by atoms with van der Waals surface area (Å²) in [4.78, 5) is 35.2. The minimum Gasteiger partial charge on any atom is -0.274 e. The highest BCUT2D eigenvalue weighted by molar-refractivity contribution is 6.21. The van der Waals surface area contributed by atoms with E-state index in [9.17, 15) is 9.59 Å². The molecule has 5 nitrogen and oxygen atoms in total. The Morgan fingerprint density at radius 3 is 2.12 bits per heavy atom. The number of rotatable bonds is 3. The topological polar surface area (TPSA) is 63.2 Å². The van der Waals surface area contributed by atoms with Crippen molar-refractivity contribution in [3.05, 3.63) is 52.8 Å². The van der Waals surface area contributed by atoms with Gasteiger partial charge in [0.1, 0.15) is 0 Å². The Labute approximate surface area is 141 Å². The van der Waals surface area contributed by atoms with Crippen LogP contribution in [0.3, 0.4) is 0 Å². The molecule has 1 aromatic carbocycles. The van der Waals surface area contributed by atoms with Gasteiger partial charge in [0.2, 0.25) is 17.8 Å². The summed E-state index contributed by atoms with van der Waals surface area (Å²) in [5.41, 5.74) is 3.72. The standard InChI is InChI=1S/C19H21N3O2/c1-11-5-7-15(8-6-11)10-16-14(4)17(23)22(18(16)24)19-20-12(2)9-13(3)21-19/h5-9,14,16H,10H2,1-4H3/t14-,16-/m1/s1. The molecule has 2 atom stereocenters. The van der Waals surface area contributed by atoms with Crippen LogP contribution in [-0.4, -0.2) is 21.8 Å². The lowest BCUT2D eigenvalue weighted by Gasteiger charge is -2.14. The van der Waals surface area contributed by atoms with Gasteiger partial charge in [-0.1, -0.05) is 36.8 Å². The first-order valence-electron chi connectivity index (χ1n) is 8.12. The summed E-state index contributed by atoms with van der Waals surface area (Å²) in [6.45, 7) is 7.49. The number of amides is 2. The molecule has 2 heterocycles. The van der Waals surface area contributed by atoms with Crippen molar-refractivity contribution < 1.29 is 9.59 Å². The Morgan fingerprint density at radius 2 is 1.54 bits per heavy atom. The minimum absolute atomic E-state index is 0.195. The first-order chi connectivity index (χ1) is 11.4. The summed E-state index contributed by atoms with van der Waals surface area (Å²) in [6.07, 6.45) is 0.549. The smallest absolute Gasteiger partial charge is 0.240 e. The van der Waals surface area contributed by atoms with Gasteiger partial charge in [-0.2, -0.15) is 0 Å². The summed E-state index contributed by atoms with van der Waals surface area (Å²) >= 11 is 0. The first kappa shape index (κ1) is 16.3. The number of hydrogen-bond acceptors (Lipinski definition) is 4. The Hall–Kier alpha value is -2.56. The number of aryl methyl sites for hydroxylation is 3. The van der Waals surface area contributed by atoms with Crippen molar-refractivity contribution in [1.29, 1.82) is 0 Å². The molecule has 3 rings (SSSR count). The highest BCUT2D eigenvalue weighted by Gasteiger charge is 2.46. The van der Waals surface area contributed by atoms with Gasteiger partial charge in [0.15, 0.2) is 0 Å². The molecule has 5 heteroatoms. The van der Waals surface area contributed by atoms with E-state index in [0.717, 1.165) is 21.9 Å². The quantitative estimate of drug-likeness (QED) is 0.815. The number of carbonyl (C=O) groups excluding carboxylic acids is 2. The molecule has 1 aliphatic rings. The van der Waals surface area contributed by atoms with E-state index in [4.69, 9.17) is 0 Å². The maximum Gasteiger partial charge on any atom is 0.240 e. The molecule has 0 N–H and O–H groups in total. The molecule has 24 heavy (non-hydrogen) atoms. The van der Waals surface area contributed by atoms with Gasteiger partial charge in [0.25, 0.3) is 0 Å². The maximum absolute atomic E-state index is 12.8. The highest BCUT2D eigenvalue weighted by Crippen LogP contribution is 2.31. The van der Waals surface area contributed by atoms with Gasteiger partial charge in [-0.15, -0.1) is 0 Å². The zero-order chi connectivity index (χ0) is 17.4. The van der Waals surface area contributed by atoms with Gasteiger partial charge in [-0.05, 0) is 38.8 Å². The fourth-order valence-electron chi connectivity index (χ4n) is 3.11. The Kier molecular flexibility index (Phi) is 4.18. The molecule has 1 aliphatic heterocycles. The van der Waals surface area contributed by atoms with Gasteiger partial charge in [-0.25, -0.2) is 14.9 Å². The van der Waals surface area contributed by atoms with Crippen molar-refractivity contribution in [2.45, 2.75) is 34.1 Å². The number of anilines is 1. The molecular formula is C19H21N3O2. The van der Waals surface area contributed by atoms with Crippen molar-refractivity contribution >= 4 is 17.8 Å². The van der Waals surface area contributed by atoms with Crippen molar-refractivity contribution in [3.8, 4) is 0 Å². The second-order valence-corrected chi connectivity index (χ2v) is 6.55. The Bertz CT molecular complexity index is 779.